The van der Waals surface area contributed by atoms with Crippen LogP contribution in [0.25, 0.3) is 11.4 Å². The summed E-state index contributed by atoms with van der Waals surface area (Å²) in [4.78, 5) is 25.6. The highest BCUT2D eigenvalue weighted by Crippen LogP contribution is 2.22. The lowest BCUT2D eigenvalue weighted by molar-refractivity contribution is 0.0615. The smallest absolute Gasteiger partial charge is 0.253 e. The van der Waals surface area contributed by atoms with Crippen LogP contribution in [-0.4, -0.2) is 57.0 Å². The minimum atomic E-state index is 0.0204. The zero-order valence-electron chi connectivity index (χ0n) is 18.9. The Morgan fingerprint density at radius 3 is 2.44 bits per heavy atom. The van der Waals surface area contributed by atoms with Gasteiger partial charge in [-0.25, -0.2) is 0 Å². The summed E-state index contributed by atoms with van der Waals surface area (Å²) in [6, 6.07) is 18.9. The van der Waals surface area contributed by atoms with Crippen molar-refractivity contribution in [1.82, 2.24) is 24.9 Å². The third-order valence-corrected chi connectivity index (χ3v) is 5.77. The molecule has 0 N–H and O–H groups in total. The number of amides is 1. The Morgan fingerprint density at radius 2 is 1.74 bits per heavy atom. The highest BCUT2D eigenvalue weighted by atomic mass is 16.5. The van der Waals surface area contributed by atoms with Crippen LogP contribution in [-0.2, 0) is 6.54 Å². The summed E-state index contributed by atoms with van der Waals surface area (Å²) in [6.45, 7) is 5.40. The fourth-order valence-corrected chi connectivity index (χ4v) is 3.83. The van der Waals surface area contributed by atoms with E-state index in [1.165, 1.54) is 5.56 Å². The monoisotopic (exact) mass is 455 g/mol. The number of carbonyl (C=O) groups is 1. The summed E-state index contributed by atoms with van der Waals surface area (Å²) in [5.41, 5.74) is 2.77. The number of ether oxygens (including phenoxy) is 1. The number of carbonyl (C=O) groups excluding carboxylic acids is 1. The van der Waals surface area contributed by atoms with Crippen LogP contribution < -0.4 is 4.74 Å². The molecular formula is C26H25N5O3. The molecule has 2 aromatic heterocycles. The number of aromatic nitrogens is 3. The quantitative estimate of drug-likeness (QED) is 0.431. The molecule has 0 bridgehead atoms. The molecule has 0 unspecified atom stereocenters. The summed E-state index contributed by atoms with van der Waals surface area (Å²) in [7, 11) is 0. The first-order chi connectivity index (χ1) is 16.6. The van der Waals surface area contributed by atoms with Gasteiger partial charge in [0.05, 0.1) is 12.7 Å². The summed E-state index contributed by atoms with van der Waals surface area (Å²) in [6.07, 6.45) is 3.34. The molecule has 2 aromatic carbocycles. The van der Waals surface area contributed by atoms with E-state index in [1.807, 2.05) is 48.2 Å². The van der Waals surface area contributed by atoms with Crippen molar-refractivity contribution in [2.24, 2.45) is 0 Å². The molecule has 4 aromatic rings. The molecule has 0 radical (unpaired) electrons. The zero-order valence-corrected chi connectivity index (χ0v) is 18.9. The van der Waals surface area contributed by atoms with Crippen molar-refractivity contribution in [3.8, 4) is 22.9 Å². The molecule has 8 heteroatoms. The second-order valence-electron chi connectivity index (χ2n) is 8.26. The molecule has 1 saturated heterocycles. The largest absolute Gasteiger partial charge is 0.456 e. The highest BCUT2D eigenvalue weighted by molar-refractivity contribution is 5.94. The van der Waals surface area contributed by atoms with E-state index in [-0.39, 0.29) is 5.91 Å². The summed E-state index contributed by atoms with van der Waals surface area (Å²) >= 11 is 0. The van der Waals surface area contributed by atoms with E-state index < -0.39 is 0 Å². The molecule has 0 saturated carbocycles. The molecule has 0 aliphatic carbocycles. The number of rotatable bonds is 6. The van der Waals surface area contributed by atoms with Gasteiger partial charge >= 0.3 is 0 Å². The van der Waals surface area contributed by atoms with Crippen LogP contribution in [0, 0.1) is 6.92 Å². The van der Waals surface area contributed by atoms with Gasteiger partial charge in [-0.3, -0.25) is 14.7 Å². The molecule has 172 valence electrons. The number of aryl methyl sites for hydroxylation is 1. The Bertz CT molecular complexity index is 1230. The summed E-state index contributed by atoms with van der Waals surface area (Å²) in [5, 5.41) is 4.11. The maximum Gasteiger partial charge on any atom is 0.253 e. The zero-order chi connectivity index (χ0) is 23.3. The van der Waals surface area contributed by atoms with Gasteiger partial charge in [0.2, 0.25) is 11.7 Å². The average molecular weight is 456 g/mol. The Kier molecular flexibility index (Phi) is 6.31. The molecule has 8 nitrogen and oxygen atoms in total. The van der Waals surface area contributed by atoms with E-state index in [1.54, 1.807) is 36.7 Å². The van der Waals surface area contributed by atoms with E-state index >= 15 is 0 Å². The average Bonchev–Trinajstić information content (AvgIpc) is 3.34. The molecule has 1 amide bonds. The number of hydrogen-bond acceptors (Lipinski definition) is 7. The van der Waals surface area contributed by atoms with Crippen LogP contribution in [0.3, 0.4) is 0 Å². The second-order valence-corrected chi connectivity index (χ2v) is 8.26. The van der Waals surface area contributed by atoms with Gasteiger partial charge in [0.1, 0.15) is 11.5 Å². The van der Waals surface area contributed by atoms with Crippen LogP contribution in [0.4, 0.5) is 0 Å². The topological polar surface area (TPSA) is 84.6 Å². The molecule has 0 atom stereocenters. The van der Waals surface area contributed by atoms with Gasteiger partial charge < -0.3 is 14.2 Å². The number of hydrogen-bond donors (Lipinski definition) is 0. The first kappa shape index (κ1) is 21.8. The SMILES string of the molecule is Cc1ccc(-c2noc(CN3CCN(C(=O)c4ccc(Oc5cccnc5)cc4)CC3)n2)cc1. The van der Waals surface area contributed by atoms with Crippen molar-refractivity contribution in [2.75, 3.05) is 26.2 Å². The van der Waals surface area contributed by atoms with Crippen LogP contribution >= 0.6 is 0 Å². The van der Waals surface area contributed by atoms with Crippen LogP contribution in [0.15, 0.2) is 77.6 Å². The highest BCUT2D eigenvalue weighted by Gasteiger charge is 2.23. The Balaban J connectivity index is 1.13. The van der Waals surface area contributed by atoms with Crippen molar-refractivity contribution >= 4 is 5.91 Å². The van der Waals surface area contributed by atoms with Crippen molar-refractivity contribution in [2.45, 2.75) is 13.5 Å². The maximum absolute atomic E-state index is 12.9. The summed E-state index contributed by atoms with van der Waals surface area (Å²) in [5.74, 6) is 2.52. The number of piperazine rings is 1. The lowest BCUT2D eigenvalue weighted by Crippen LogP contribution is -2.48. The molecule has 0 spiro atoms. The van der Waals surface area contributed by atoms with E-state index in [4.69, 9.17) is 9.26 Å². The number of benzene rings is 2. The Hall–Kier alpha value is -4.04. The Labute approximate surface area is 197 Å². The third kappa shape index (κ3) is 5.13. The lowest BCUT2D eigenvalue weighted by atomic mass is 10.1. The standard InChI is InChI=1S/C26H25N5O3/c1-19-4-6-20(7-5-19)25-28-24(34-29-25)18-30-13-15-31(16-14-30)26(32)21-8-10-22(11-9-21)33-23-3-2-12-27-17-23/h2-12,17H,13-16,18H2,1H3. The predicted octanol–water partition coefficient (Wildman–Crippen LogP) is 4.19. The minimum absolute atomic E-state index is 0.0204. The van der Waals surface area contributed by atoms with E-state index in [0.717, 1.165) is 18.7 Å². The summed E-state index contributed by atoms with van der Waals surface area (Å²) < 4.78 is 11.2. The van der Waals surface area contributed by atoms with Gasteiger partial charge in [0.25, 0.3) is 5.91 Å². The maximum atomic E-state index is 12.9. The van der Waals surface area contributed by atoms with Gasteiger partial charge in [0.15, 0.2) is 0 Å². The van der Waals surface area contributed by atoms with E-state index in [9.17, 15) is 4.79 Å². The molecule has 5 rings (SSSR count). The third-order valence-electron chi connectivity index (χ3n) is 5.77. The van der Waals surface area contributed by atoms with Crippen LogP contribution in [0.1, 0.15) is 21.8 Å². The fraction of sp³-hybridized carbons (Fsp3) is 0.231. The number of pyridine rings is 1. The van der Waals surface area contributed by atoms with Gasteiger partial charge in [-0.15, -0.1) is 0 Å². The molecule has 3 heterocycles. The van der Waals surface area contributed by atoms with Crippen molar-refractivity contribution in [1.29, 1.82) is 0 Å². The first-order valence-electron chi connectivity index (χ1n) is 11.2. The molecular weight excluding hydrogens is 430 g/mol. The van der Waals surface area contributed by atoms with E-state index in [0.29, 0.717) is 48.4 Å². The van der Waals surface area contributed by atoms with Gasteiger partial charge in [0, 0.05) is 43.5 Å². The minimum Gasteiger partial charge on any atom is -0.456 e. The molecule has 1 aliphatic rings. The van der Waals surface area contributed by atoms with Crippen LogP contribution in [0.5, 0.6) is 11.5 Å². The molecule has 34 heavy (non-hydrogen) atoms. The van der Waals surface area contributed by atoms with Crippen molar-refractivity contribution in [3.05, 3.63) is 90.1 Å². The van der Waals surface area contributed by atoms with Gasteiger partial charge in [-0.1, -0.05) is 35.0 Å². The normalized spacial score (nSPS) is 14.2. The van der Waals surface area contributed by atoms with E-state index in [2.05, 4.69) is 20.0 Å². The molecule has 1 aliphatic heterocycles. The predicted molar refractivity (Wildman–Crippen MR) is 126 cm³/mol. The fourth-order valence-electron chi connectivity index (χ4n) is 3.83. The first-order valence-corrected chi connectivity index (χ1v) is 11.2. The lowest BCUT2D eigenvalue weighted by Gasteiger charge is -2.34. The van der Waals surface area contributed by atoms with Gasteiger partial charge in [-0.2, -0.15) is 4.98 Å². The number of nitrogens with zero attached hydrogens (tertiary/aromatic N) is 5. The Morgan fingerprint density at radius 1 is 0.971 bits per heavy atom. The second kappa shape index (κ2) is 9.84. The van der Waals surface area contributed by atoms with Crippen molar-refractivity contribution in [3.63, 3.8) is 0 Å². The van der Waals surface area contributed by atoms with Gasteiger partial charge in [-0.05, 0) is 43.3 Å². The molecule has 1 fully saturated rings. The van der Waals surface area contributed by atoms with Crippen LogP contribution in [0.2, 0.25) is 0 Å². The van der Waals surface area contributed by atoms with Crippen molar-refractivity contribution < 1.29 is 14.1 Å².